The highest BCUT2D eigenvalue weighted by Crippen LogP contribution is 2.28. The number of thioether (sulfide) groups is 1. The van der Waals surface area contributed by atoms with Crippen LogP contribution in [0.4, 0.5) is 0 Å². The maximum atomic E-state index is 5.60. The van der Waals surface area contributed by atoms with Gasteiger partial charge in [-0.15, -0.1) is 0 Å². The van der Waals surface area contributed by atoms with Crippen molar-refractivity contribution in [1.82, 2.24) is 10.6 Å². The van der Waals surface area contributed by atoms with Gasteiger partial charge in [0.05, 0.1) is 6.54 Å². The molecule has 2 N–H and O–H groups in total. The third-order valence-electron chi connectivity index (χ3n) is 4.27. The molecule has 0 aromatic heterocycles. The standard InChI is InChI=1S/C18H29N3OS/c1-4-19-18(21-15-10-11-16(12-15)23-3)20-13-17(22-2)14-8-6-5-7-9-14/h5-9,15-17H,4,10-13H2,1-3H3,(H2,19,20,21). The molecule has 3 atom stereocenters. The van der Waals surface area contributed by atoms with Crippen molar-refractivity contribution in [2.75, 3.05) is 26.5 Å². The Morgan fingerprint density at radius 2 is 2.13 bits per heavy atom. The van der Waals surface area contributed by atoms with Gasteiger partial charge >= 0.3 is 0 Å². The van der Waals surface area contributed by atoms with Crippen molar-refractivity contribution in [3.05, 3.63) is 35.9 Å². The first kappa shape index (κ1) is 18.1. The molecule has 1 aromatic carbocycles. The minimum Gasteiger partial charge on any atom is -0.375 e. The van der Waals surface area contributed by atoms with E-state index in [1.165, 1.54) is 19.3 Å². The average molecular weight is 336 g/mol. The first-order chi connectivity index (χ1) is 11.3. The van der Waals surface area contributed by atoms with Crippen molar-refractivity contribution >= 4 is 17.7 Å². The van der Waals surface area contributed by atoms with E-state index in [4.69, 9.17) is 9.73 Å². The lowest BCUT2D eigenvalue weighted by Gasteiger charge is -2.19. The lowest BCUT2D eigenvalue weighted by Crippen LogP contribution is -2.42. The second-order valence-corrected chi connectivity index (χ2v) is 7.00. The average Bonchev–Trinajstić information content (AvgIpc) is 3.04. The molecule has 0 saturated heterocycles. The quantitative estimate of drug-likeness (QED) is 0.593. The molecule has 4 nitrogen and oxygen atoms in total. The number of hydrogen-bond acceptors (Lipinski definition) is 3. The Balaban J connectivity index is 1.94. The molecule has 1 fully saturated rings. The molecule has 0 heterocycles. The lowest BCUT2D eigenvalue weighted by atomic mass is 10.1. The monoisotopic (exact) mass is 335 g/mol. The number of methoxy groups -OCH3 is 1. The predicted molar refractivity (Wildman–Crippen MR) is 100 cm³/mol. The predicted octanol–water partition coefficient (Wildman–Crippen LogP) is 3.21. The lowest BCUT2D eigenvalue weighted by molar-refractivity contribution is 0.111. The summed E-state index contributed by atoms with van der Waals surface area (Å²) in [6.45, 7) is 3.59. The molecular weight excluding hydrogens is 306 g/mol. The summed E-state index contributed by atoms with van der Waals surface area (Å²) in [5, 5.41) is 7.72. The van der Waals surface area contributed by atoms with Gasteiger partial charge in [-0.25, -0.2) is 0 Å². The fraction of sp³-hybridized carbons (Fsp3) is 0.611. The van der Waals surface area contributed by atoms with Crippen LogP contribution in [0.5, 0.6) is 0 Å². The number of guanidine groups is 1. The molecule has 0 spiro atoms. The summed E-state index contributed by atoms with van der Waals surface area (Å²) in [5.41, 5.74) is 1.16. The fourth-order valence-electron chi connectivity index (χ4n) is 2.96. The van der Waals surface area contributed by atoms with Crippen LogP contribution in [0.1, 0.15) is 37.9 Å². The maximum Gasteiger partial charge on any atom is 0.191 e. The van der Waals surface area contributed by atoms with E-state index in [1.807, 2.05) is 30.0 Å². The summed E-state index contributed by atoms with van der Waals surface area (Å²) in [6.07, 6.45) is 5.94. The number of nitrogens with one attached hydrogen (secondary N) is 2. The minimum atomic E-state index is -0.00539. The van der Waals surface area contributed by atoms with E-state index in [2.05, 4.69) is 35.9 Å². The van der Waals surface area contributed by atoms with Gasteiger partial charge in [0, 0.05) is 24.9 Å². The first-order valence-corrected chi connectivity index (χ1v) is 9.71. The highest BCUT2D eigenvalue weighted by atomic mass is 32.2. The highest BCUT2D eigenvalue weighted by molar-refractivity contribution is 7.99. The van der Waals surface area contributed by atoms with Gasteiger partial charge in [-0.2, -0.15) is 11.8 Å². The van der Waals surface area contributed by atoms with Crippen LogP contribution in [-0.2, 0) is 4.74 Å². The molecule has 0 amide bonds. The van der Waals surface area contributed by atoms with Crippen molar-refractivity contribution in [2.24, 2.45) is 4.99 Å². The summed E-state index contributed by atoms with van der Waals surface area (Å²) < 4.78 is 5.60. The summed E-state index contributed by atoms with van der Waals surface area (Å²) in [4.78, 5) is 4.74. The molecule has 128 valence electrons. The summed E-state index contributed by atoms with van der Waals surface area (Å²) >= 11 is 1.98. The topological polar surface area (TPSA) is 45.7 Å². The molecule has 0 radical (unpaired) electrons. The molecule has 1 saturated carbocycles. The van der Waals surface area contributed by atoms with E-state index < -0.39 is 0 Å². The van der Waals surface area contributed by atoms with Crippen molar-refractivity contribution in [2.45, 2.75) is 43.6 Å². The molecule has 1 aliphatic carbocycles. The number of ether oxygens (including phenoxy) is 1. The van der Waals surface area contributed by atoms with Crippen LogP contribution in [0.3, 0.4) is 0 Å². The molecule has 0 bridgehead atoms. The SMILES string of the molecule is CCNC(=NCC(OC)c1ccccc1)NC1CCC(SC)C1. The summed E-state index contributed by atoms with van der Waals surface area (Å²) in [6, 6.07) is 10.8. The van der Waals surface area contributed by atoms with Gasteiger partial charge in [0.2, 0.25) is 0 Å². The Kier molecular flexibility index (Phi) is 7.76. The maximum absolute atomic E-state index is 5.60. The second-order valence-electron chi connectivity index (χ2n) is 5.87. The molecule has 23 heavy (non-hydrogen) atoms. The van der Waals surface area contributed by atoms with Gasteiger partial charge < -0.3 is 15.4 Å². The molecular formula is C18H29N3OS. The Hall–Kier alpha value is -1.20. The van der Waals surface area contributed by atoms with Crippen LogP contribution >= 0.6 is 11.8 Å². The number of benzene rings is 1. The Labute approximate surface area is 144 Å². The third kappa shape index (κ3) is 5.74. The second kappa shape index (κ2) is 9.83. The van der Waals surface area contributed by atoms with Crippen LogP contribution in [-0.4, -0.2) is 43.7 Å². The van der Waals surface area contributed by atoms with E-state index in [1.54, 1.807) is 7.11 Å². The third-order valence-corrected chi connectivity index (χ3v) is 5.37. The molecule has 1 aromatic rings. The number of hydrogen-bond donors (Lipinski definition) is 2. The van der Waals surface area contributed by atoms with Crippen LogP contribution in [0.25, 0.3) is 0 Å². The molecule has 5 heteroatoms. The Morgan fingerprint density at radius 3 is 2.74 bits per heavy atom. The molecule has 3 unspecified atom stereocenters. The zero-order chi connectivity index (χ0) is 16.5. The van der Waals surface area contributed by atoms with Crippen LogP contribution < -0.4 is 10.6 Å². The summed E-state index contributed by atoms with van der Waals surface area (Å²) in [7, 11) is 1.74. The van der Waals surface area contributed by atoms with Gasteiger partial charge in [-0.3, -0.25) is 4.99 Å². The molecule has 0 aliphatic heterocycles. The van der Waals surface area contributed by atoms with Gasteiger partial charge in [-0.1, -0.05) is 30.3 Å². The molecule has 2 rings (SSSR count). The van der Waals surface area contributed by atoms with Gasteiger partial charge in [-0.05, 0) is 38.0 Å². The fourth-order valence-corrected chi connectivity index (χ4v) is 3.75. The van der Waals surface area contributed by atoms with E-state index in [0.717, 1.165) is 23.3 Å². The van der Waals surface area contributed by atoms with E-state index in [0.29, 0.717) is 12.6 Å². The zero-order valence-electron chi connectivity index (χ0n) is 14.4. The van der Waals surface area contributed by atoms with E-state index >= 15 is 0 Å². The first-order valence-electron chi connectivity index (χ1n) is 8.42. The van der Waals surface area contributed by atoms with Gasteiger partial charge in [0.15, 0.2) is 5.96 Å². The molecule has 1 aliphatic rings. The van der Waals surface area contributed by atoms with Crippen LogP contribution in [0.15, 0.2) is 35.3 Å². The Morgan fingerprint density at radius 1 is 1.35 bits per heavy atom. The van der Waals surface area contributed by atoms with E-state index in [9.17, 15) is 0 Å². The number of aliphatic imine (C=N–C) groups is 1. The van der Waals surface area contributed by atoms with Gasteiger partial charge in [0.1, 0.15) is 6.10 Å². The summed E-state index contributed by atoms with van der Waals surface area (Å²) in [5.74, 6) is 0.900. The number of rotatable bonds is 7. The van der Waals surface area contributed by atoms with E-state index in [-0.39, 0.29) is 6.10 Å². The Bertz CT molecular complexity index is 480. The normalized spacial score (nSPS) is 22.8. The largest absolute Gasteiger partial charge is 0.375 e. The van der Waals surface area contributed by atoms with Crippen molar-refractivity contribution in [3.63, 3.8) is 0 Å². The van der Waals surface area contributed by atoms with Crippen LogP contribution in [0, 0.1) is 0 Å². The smallest absolute Gasteiger partial charge is 0.191 e. The highest BCUT2D eigenvalue weighted by Gasteiger charge is 2.24. The van der Waals surface area contributed by atoms with Crippen molar-refractivity contribution in [3.8, 4) is 0 Å². The van der Waals surface area contributed by atoms with Gasteiger partial charge in [0.25, 0.3) is 0 Å². The minimum absolute atomic E-state index is 0.00539. The number of nitrogens with zero attached hydrogens (tertiary/aromatic N) is 1. The van der Waals surface area contributed by atoms with Crippen molar-refractivity contribution in [1.29, 1.82) is 0 Å². The van der Waals surface area contributed by atoms with Crippen LogP contribution in [0.2, 0.25) is 0 Å². The van der Waals surface area contributed by atoms with Crippen molar-refractivity contribution < 1.29 is 4.74 Å². The zero-order valence-corrected chi connectivity index (χ0v) is 15.2.